The van der Waals surface area contributed by atoms with Crippen LogP contribution in [-0.2, 0) is 26.2 Å². The fourth-order valence-electron chi connectivity index (χ4n) is 3.84. The Morgan fingerprint density at radius 2 is 1.68 bits per heavy atom. The fourth-order valence-corrected chi connectivity index (χ4v) is 5.44. The quantitative estimate of drug-likeness (QED) is 0.361. The topological polar surface area (TPSA) is 86.8 Å². The van der Waals surface area contributed by atoms with Crippen molar-refractivity contribution in [2.24, 2.45) is 0 Å². The lowest BCUT2D eigenvalue weighted by Crippen LogP contribution is -2.51. The molecule has 0 fully saturated rings. The molecule has 0 spiro atoms. The number of anilines is 1. The van der Waals surface area contributed by atoms with Crippen molar-refractivity contribution in [1.29, 1.82) is 0 Å². The number of benzene rings is 3. The predicted molar refractivity (Wildman–Crippen MR) is 147 cm³/mol. The number of hydrogen-bond donors (Lipinski definition) is 1. The van der Waals surface area contributed by atoms with Crippen LogP contribution in [0.3, 0.4) is 0 Å². The molecule has 1 atom stereocenters. The normalized spacial score (nSPS) is 12.0. The molecule has 3 aromatic carbocycles. The summed E-state index contributed by atoms with van der Waals surface area (Å²) in [5.74, 6) is -1.68. The van der Waals surface area contributed by atoms with Crippen LogP contribution in [0.4, 0.5) is 10.1 Å². The van der Waals surface area contributed by atoms with Gasteiger partial charge < -0.3 is 10.2 Å². The Morgan fingerprint density at radius 1 is 1.03 bits per heavy atom. The van der Waals surface area contributed by atoms with Gasteiger partial charge in [-0.05, 0) is 61.7 Å². The van der Waals surface area contributed by atoms with E-state index in [-0.39, 0.29) is 28.1 Å². The van der Waals surface area contributed by atoms with Gasteiger partial charge in [-0.3, -0.25) is 13.9 Å². The molecule has 0 aliphatic heterocycles. The maximum Gasteiger partial charge on any atom is 0.264 e. The largest absolute Gasteiger partial charge is 0.354 e. The van der Waals surface area contributed by atoms with Crippen LogP contribution in [-0.4, -0.2) is 44.3 Å². The van der Waals surface area contributed by atoms with Gasteiger partial charge in [0.1, 0.15) is 18.4 Å². The summed E-state index contributed by atoms with van der Waals surface area (Å²) < 4.78 is 42.2. The Balaban J connectivity index is 2.04. The van der Waals surface area contributed by atoms with Gasteiger partial charge in [0.05, 0.1) is 15.6 Å². The van der Waals surface area contributed by atoms with E-state index < -0.39 is 34.3 Å². The van der Waals surface area contributed by atoms with E-state index in [9.17, 15) is 22.4 Å². The monoisotopic (exact) mass is 559 g/mol. The molecule has 1 N–H and O–H groups in total. The van der Waals surface area contributed by atoms with Crippen LogP contribution in [0.25, 0.3) is 0 Å². The van der Waals surface area contributed by atoms with Crippen LogP contribution in [0.2, 0.25) is 5.02 Å². The van der Waals surface area contributed by atoms with Crippen molar-refractivity contribution in [3.8, 4) is 0 Å². The molecule has 38 heavy (non-hydrogen) atoms. The smallest absolute Gasteiger partial charge is 0.264 e. The van der Waals surface area contributed by atoms with E-state index in [2.05, 4.69) is 5.32 Å². The average Bonchev–Trinajstić information content (AvgIpc) is 2.91. The fraction of sp³-hybridized carbons (Fsp3) is 0.286. The third-order valence-corrected chi connectivity index (χ3v) is 8.20. The molecule has 0 unspecified atom stereocenters. The first-order chi connectivity index (χ1) is 18.1. The second-order valence-corrected chi connectivity index (χ2v) is 11.1. The Kier molecular flexibility index (Phi) is 9.88. The summed E-state index contributed by atoms with van der Waals surface area (Å²) in [5, 5.41) is 2.51. The van der Waals surface area contributed by atoms with E-state index in [1.807, 2.05) is 38.1 Å². The summed E-state index contributed by atoms with van der Waals surface area (Å²) in [6, 6.07) is 17.6. The van der Waals surface area contributed by atoms with Gasteiger partial charge in [-0.15, -0.1) is 0 Å². The molecule has 3 aromatic rings. The summed E-state index contributed by atoms with van der Waals surface area (Å²) in [7, 11) is -4.25. The highest BCUT2D eigenvalue weighted by atomic mass is 35.5. The maximum atomic E-state index is 13.9. The molecule has 0 heterocycles. The number of hydrogen-bond acceptors (Lipinski definition) is 4. The van der Waals surface area contributed by atoms with Crippen molar-refractivity contribution >= 4 is 39.1 Å². The van der Waals surface area contributed by atoms with Gasteiger partial charge in [0.2, 0.25) is 11.8 Å². The number of aryl methyl sites for hydroxylation is 1. The standard InChI is InChI=1S/C28H31ClFN3O4S/c1-4-16-31-28(35)21(3)32(18-22-11-9-8-10-20(22)2)27(34)19-33(23-14-15-26(30)25(29)17-23)38(36,37)24-12-6-5-7-13-24/h5-15,17,21H,4,16,18-19H2,1-3H3,(H,31,35)/t21-/m0/s1. The third-order valence-electron chi connectivity index (χ3n) is 6.12. The summed E-state index contributed by atoms with van der Waals surface area (Å²) in [5.41, 5.74) is 1.76. The Hall–Kier alpha value is -3.43. The summed E-state index contributed by atoms with van der Waals surface area (Å²) in [6.07, 6.45) is 0.721. The molecule has 0 radical (unpaired) electrons. The van der Waals surface area contributed by atoms with Gasteiger partial charge in [-0.2, -0.15) is 0 Å². The van der Waals surface area contributed by atoms with E-state index in [1.54, 1.807) is 25.1 Å². The Morgan fingerprint density at radius 3 is 2.32 bits per heavy atom. The van der Waals surface area contributed by atoms with Gasteiger partial charge in [-0.1, -0.05) is 61.0 Å². The molecule has 202 valence electrons. The van der Waals surface area contributed by atoms with Crippen molar-refractivity contribution in [2.45, 2.75) is 44.7 Å². The minimum Gasteiger partial charge on any atom is -0.354 e. The van der Waals surface area contributed by atoms with E-state index in [1.165, 1.54) is 23.1 Å². The number of sulfonamides is 1. The highest BCUT2D eigenvalue weighted by Crippen LogP contribution is 2.28. The first-order valence-corrected chi connectivity index (χ1v) is 14.0. The van der Waals surface area contributed by atoms with Gasteiger partial charge in [0.25, 0.3) is 10.0 Å². The second kappa shape index (κ2) is 12.9. The third kappa shape index (κ3) is 6.90. The lowest BCUT2D eigenvalue weighted by molar-refractivity contribution is -0.139. The highest BCUT2D eigenvalue weighted by Gasteiger charge is 2.32. The zero-order chi connectivity index (χ0) is 27.9. The molecule has 10 heteroatoms. The number of halogens is 2. The highest BCUT2D eigenvalue weighted by molar-refractivity contribution is 7.92. The summed E-state index contributed by atoms with van der Waals surface area (Å²) >= 11 is 5.97. The summed E-state index contributed by atoms with van der Waals surface area (Å²) in [6.45, 7) is 5.32. The summed E-state index contributed by atoms with van der Waals surface area (Å²) in [4.78, 5) is 28.0. The van der Waals surface area contributed by atoms with Crippen molar-refractivity contribution in [3.05, 3.63) is 94.8 Å². The van der Waals surface area contributed by atoms with E-state index >= 15 is 0 Å². The molecule has 2 amide bonds. The number of carbonyl (C=O) groups excluding carboxylic acids is 2. The second-order valence-electron chi connectivity index (χ2n) is 8.84. The lowest BCUT2D eigenvalue weighted by atomic mass is 10.1. The van der Waals surface area contributed by atoms with Crippen LogP contribution >= 0.6 is 11.6 Å². The number of nitrogens with zero attached hydrogens (tertiary/aromatic N) is 2. The lowest BCUT2D eigenvalue weighted by Gasteiger charge is -2.32. The van der Waals surface area contributed by atoms with Crippen molar-refractivity contribution < 1.29 is 22.4 Å². The number of carbonyl (C=O) groups is 2. The van der Waals surface area contributed by atoms with Crippen LogP contribution in [0.5, 0.6) is 0 Å². The van der Waals surface area contributed by atoms with Crippen LogP contribution in [0.15, 0.2) is 77.7 Å². The first kappa shape index (κ1) is 29.1. The van der Waals surface area contributed by atoms with Gasteiger partial charge >= 0.3 is 0 Å². The van der Waals surface area contributed by atoms with Crippen LogP contribution in [0.1, 0.15) is 31.4 Å². The predicted octanol–water partition coefficient (Wildman–Crippen LogP) is 4.93. The molecule has 0 bridgehead atoms. The van der Waals surface area contributed by atoms with Crippen LogP contribution < -0.4 is 9.62 Å². The number of nitrogens with one attached hydrogen (secondary N) is 1. The molecule has 0 saturated heterocycles. The Bertz CT molecular complexity index is 1390. The average molecular weight is 560 g/mol. The molecule has 0 aromatic heterocycles. The SMILES string of the molecule is CCCNC(=O)[C@H](C)N(Cc1ccccc1C)C(=O)CN(c1ccc(F)c(Cl)c1)S(=O)(=O)c1ccccc1. The van der Waals surface area contributed by atoms with Crippen molar-refractivity contribution in [2.75, 3.05) is 17.4 Å². The van der Waals surface area contributed by atoms with Crippen molar-refractivity contribution in [3.63, 3.8) is 0 Å². The van der Waals surface area contributed by atoms with Crippen molar-refractivity contribution in [1.82, 2.24) is 10.2 Å². The maximum absolute atomic E-state index is 13.9. The van der Waals surface area contributed by atoms with E-state index in [0.29, 0.717) is 6.54 Å². The molecule has 0 aliphatic rings. The van der Waals surface area contributed by atoms with Crippen LogP contribution in [0, 0.1) is 12.7 Å². The molecule has 0 saturated carbocycles. The zero-order valence-electron chi connectivity index (χ0n) is 21.5. The first-order valence-electron chi connectivity index (χ1n) is 12.2. The van der Waals surface area contributed by atoms with E-state index in [4.69, 9.17) is 11.6 Å². The number of amides is 2. The van der Waals surface area contributed by atoms with Gasteiger partial charge in [0, 0.05) is 13.1 Å². The molecular formula is C28H31ClFN3O4S. The number of rotatable bonds is 11. The molecule has 3 rings (SSSR count). The minimum atomic E-state index is -4.25. The minimum absolute atomic E-state index is 0.0209. The van der Waals surface area contributed by atoms with Gasteiger partial charge in [-0.25, -0.2) is 12.8 Å². The molecular weight excluding hydrogens is 529 g/mol. The van der Waals surface area contributed by atoms with E-state index in [0.717, 1.165) is 34.0 Å². The Labute approximate surface area is 228 Å². The van der Waals surface area contributed by atoms with Gasteiger partial charge in [0.15, 0.2) is 0 Å². The molecule has 0 aliphatic carbocycles. The molecule has 7 nitrogen and oxygen atoms in total. The zero-order valence-corrected chi connectivity index (χ0v) is 23.1.